The van der Waals surface area contributed by atoms with Crippen LogP contribution in [0.3, 0.4) is 0 Å². The van der Waals surface area contributed by atoms with Gasteiger partial charge in [-0.25, -0.2) is 0 Å². The maximum Gasteiger partial charge on any atom is 0.0809 e. The summed E-state index contributed by atoms with van der Waals surface area (Å²) >= 11 is 1.72. The smallest absolute Gasteiger partial charge is 0.0809 e. The average molecular weight is 294 g/mol. The molecule has 1 unspecified atom stereocenters. The van der Waals surface area contributed by atoms with Gasteiger partial charge in [-0.05, 0) is 53.0 Å². The van der Waals surface area contributed by atoms with Crippen molar-refractivity contribution < 1.29 is 0 Å². The highest BCUT2D eigenvalue weighted by atomic mass is 32.1. The zero-order valence-electron chi connectivity index (χ0n) is 11.8. The molecule has 2 aromatic heterocycles. The predicted octanol–water partition coefficient (Wildman–Crippen LogP) is 4.61. The molecule has 0 amide bonds. The Kier molecular flexibility index (Phi) is 3.24. The van der Waals surface area contributed by atoms with Crippen molar-refractivity contribution in [1.82, 2.24) is 4.98 Å². The van der Waals surface area contributed by atoms with Gasteiger partial charge in [0, 0.05) is 6.20 Å². The van der Waals surface area contributed by atoms with Gasteiger partial charge in [0.25, 0.3) is 0 Å². The van der Waals surface area contributed by atoms with Crippen molar-refractivity contribution in [2.45, 2.75) is 31.2 Å². The minimum atomic E-state index is -0.0935. The van der Waals surface area contributed by atoms with E-state index in [9.17, 15) is 0 Å². The Labute approximate surface area is 128 Å². The molecule has 2 N–H and O–H groups in total. The molecule has 0 radical (unpaired) electrons. The third-order valence-electron chi connectivity index (χ3n) is 4.53. The lowest BCUT2D eigenvalue weighted by Gasteiger charge is -2.26. The SMILES string of the molecule is NC(c1cccc(C2CCC2)c1)c1cnc2ccsc2c1. The first kappa shape index (κ1) is 13.0. The molecule has 1 fully saturated rings. The monoisotopic (exact) mass is 294 g/mol. The van der Waals surface area contributed by atoms with Gasteiger partial charge in [-0.2, -0.15) is 0 Å². The van der Waals surface area contributed by atoms with E-state index in [2.05, 4.69) is 40.7 Å². The van der Waals surface area contributed by atoms with Crippen LogP contribution in [-0.4, -0.2) is 4.98 Å². The number of nitrogens with zero attached hydrogens (tertiary/aromatic N) is 1. The van der Waals surface area contributed by atoms with Gasteiger partial charge in [-0.1, -0.05) is 30.7 Å². The maximum absolute atomic E-state index is 6.47. The number of hydrogen-bond donors (Lipinski definition) is 1. The Morgan fingerprint density at radius 2 is 2.05 bits per heavy atom. The van der Waals surface area contributed by atoms with Crippen LogP contribution in [-0.2, 0) is 0 Å². The molecule has 21 heavy (non-hydrogen) atoms. The molecule has 0 saturated heterocycles. The first-order chi connectivity index (χ1) is 10.3. The Hall–Kier alpha value is -1.71. The van der Waals surface area contributed by atoms with E-state index in [-0.39, 0.29) is 6.04 Å². The zero-order chi connectivity index (χ0) is 14.2. The van der Waals surface area contributed by atoms with Crippen LogP contribution in [0.25, 0.3) is 10.2 Å². The molecule has 0 aliphatic heterocycles. The third kappa shape index (κ3) is 2.37. The Balaban J connectivity index is 1.67. The quantitative estimate of drug-likeness (QED) is 0.766. The minimum Gasteiger partial charge on any atom is -0.320 e. The summed E-state index contributed by atoms with van der Waals surface area (Å²) in [6, 6.07) is 12.9. The van der Waals surface area contributed by atoms with Gasteiger partial charge in [0.05, 0.1) is 16.3 Å². The summed E-state index contributed by atoms with van der Waals surface area (Å²) in [5, 5.41) is 2.07. The Morgan fingerprint density at radius 3 is 2.86 bits per heavy atom. The highest BCUT2D eigenvalue weighted by Gasteiger charge is 2.20. The Bertz CT molecular complexity index is 773. The van der Waals surface area contributed by atoms with Crippen LogP contribution in [0.4, 0.5) is 0 Å². The summed E-state index contributed by atoms with van der Waals surface area (Å²) in [5.41, 5.74) is 11.3. The highest BCUT2D eigenvalue weighted by Crippen LogP contribution is 2.37. The van der Waals surface area contributed by atoms with Crippen LogP contribution < -0.4 is 5.73 Å². The van der Waals surface area contributed by atoms with E-state index in [1.54, 1.807) is 11.3 Å². The van der Waals surface area contributed by atoms with Gasteiger partial charge in [0.2, 0.25) is 0 Å². The van der Waals surface area contributed by atoms with Crippen LogP contribution in [0, 0.1) is 0 Å². The lowest BCUT2D eigenvalue weighted by Crippen LogP contribution is -2.14. The molecule has 0 spiro atoms. The number of pyridine rings is 1. The molecular formula is C18H18N2S. The summed E-state index contributed by atoms with van der Waals surface area (Å²) in [4.78, 5) is 4.50. The molecule has 2 heterocycles. The van der Waals surface area contributed by atoms with Gasteiger partial charge >= 0.3 is 0 Å². The summed E-state index contributed by atoms with van der Waals surface area (Å²) in [7, 11) is 0. The van der Waals surface area contributed by atoms with E-state index in [1.165, 1.54) is 35.1 Å². The second-order valence-corrected chi connectivity index (χ2v) is 6.80. The van der Waals surface area contributed by atoms with Crippen LogP contribution in [0.15, 0.2) is 48.0 Å². The van der Waals surface area contributed by atoms with Gasteiger partial charge in [0.1, 0.15) is 0 Å². The number of hydrogen-bond acceptors (Lipinski definition) is 3. The van der Waals surface area contributed by atoms with Crippen molar-refractivity contribution in [3.8, 4) is 0 Å². The number of fused-ring (bicyclic) bond motifs is 1. The van der Waals surface area contributed by atoms with E-state index in [0.29, 0.717) is 0 Å². The van der Waals surface area contributed by atoms with E-state index >= 15 is 0 Å². The van der Waals surface area contributed by atoms with Crippen LogP contribution in [0.2, 0.25) is 0 Å². The van der Waals surface area contributed by atoms with E-state index < -0.39 is 0 Å². The normalized spacial score (nSPS) is 16.8. The van der Waals surface area contributed by atoms with Crippen molar-refractivity contribution in [3.05, 3.63) is 64.7 Å². The second kappa shape index (κ2) is 5.24. The maximum atomic E-state index is 6.47. The molecular weight excluding hydrogens is 276 g/mol. The molecule has 1 aliphatic carbocycles. The molecule has 106 valence electrons. The van der Waals surface area contributed by atoms with Crippen LogP contribution in [0.5, 0.6) is 0 Å². The summed E-state index contributed by atoms with van der Waals surface area (Å²) < 4.78 is 1.21. The van der Waals surface area contributed by atoms with Crippen molar-refractivity contribution in [1.29, 1.82) is 0 Å². The van der Waals surface area contributed by atoms with Crippen LogP contribution >= 0.6 is 11.3 Å². The third-order valence-corrected chi connectivity index (χ3v) is 5.38. The predicted molar refractivity (Wildman–Crippen MR) is 88.7 cm³/mol. The minimum absolute atomic E-state index is 0.0935. The number of benzene rings is 1. The number of aromatic nitrogens is 1. The van der Waals surface area contributed by atoms with Crippen molar-refractivity contribution in [2.24, 2.45) is 5.73 Å². The average Bonchev–Trinajstić information content (AvgIpc) is 2.92. The molecule has 1 atom stereocenters. The van der Waals surface area contributed by atoms with E-state index in [1.807, 2.05) is 12.3 Å². The van der Waals surface area contributed by atoms with Crippen LogP contribution in [0.1, 0.15) is 47.9 Å². The van der Waals surface area contributed by atoms with Gasteiger partial charge in [-0.15, -0.1) is 11.3 Å². The van der Waals surface area contributed by atoms with Crippen molar-refractivity contribution in [3.63, 3.8) is 0 Å². The zero-order valence-corrected chi connectivity index (χ0v) is 12.6. The van der Waals surface area contributed by atoms with Gasteiger partial charge < -0.3 is 5.73 Å². The summed E-state index contributed by atoms with van der Waals surface area (Å²) in [6.45, 7) is 0. The molecule has 3 heteroatoms. The molecule has 0 bridgehead atoms. The number of rotatable bonds is 3. The largest absolute Gasteiger partial charge is 0.320 e. The summed E-state index contributed by atoms with van der Waals surface area (Å²) in [6.07, 6.45) is 5.92. The van der Waals surface area contributed by atoms with Crippen molar-refractivity contribution >= 4 is 21.6 Å². The molecule has 2 nitrogen and oxygen atoms in total. The van der Waals surface area contributed by atoms with Gasteiger partial charge in [0.15, 0.2) is 0 Å². The molecule has 1 aliphatic rings. The fraction of sp³-hybridized carbons (Fsp3) is 0.278. The summed E-state index contributed by atoms with van der Waals surface area (Å²) in [5.74, 6) is 0.745. The topological polar surface area (TPSA) is 38.9 Å². The fourth-order valence-electron chi connectivity index (χ4n) is 2.97. The molecule has 1 aromatic carbocycles. The standard InChI is InChI=1S/C18H18N2S/c19-18(15-10-17-16(20-11-15)7-8-21-17)14-6-2-5-13(9-14)12-3-1-4-12/h2,5-12,18H,1,3-4,19H2. The van der Waals surface area contributed by atoms with Crippen molar-refractivity contribution in [2.75, 3.05) is 0 Å². The van der Waals surface area contributed by atoms with E-state index in [4.69, 9.17) is 5.73 Å². The molecule has 1 saturated carbocycles. The van der Waals surface area contributed by atoms with Gasteiger partial charge in [-0.3, -0.25) is 4.98 Å². The van der Waals surface area contributed by atoms with E-state index in [0.717, 1.165) is 17.0 Å². The highest BCUT2D eigenvalue weighted by molar-refractivity contribution is 7.17. The molecule has 4 rings (SSSR count). The number of nitrogens with two attached hydrogens (primary N) is 1. The first-order valence-electron chi connectivity index (χ1n) is 7.50. The second-order valence-electron chi connectivity index (χ2n) is 5.85. The molecule has 3 aromatic rings. The lowest BCUT2D eigenvalue weighted by atomic mass is 9.79. The first-order valence-corrected chi connectivity index (χ1v) is 8.38. The lowest BCUT2D eigenvalue weighted by molar-refractivity contribution is 0.419. The fourth-order valence-corrected chi connectivity index (χ4v) is 3.76. The number of thiophene rings is 1. The Morgan fingerprint density at radius 1 is 1.14 bits per heavy atom.